The van der Waals surface area contributed by atoms with Crippen LogP contribution in [0.2, 0.25) is 0 Å². The van der Waals surface area contributed by atoms with Gasteiger partial charge in [0.1, 0.15) is 17.1 Å². The highest BCUT2D eigenvalue weighted by molar-refractivity contribution is 6.06. The number of anilines is 3. The van der Waals surface area contributed by atoms with E-state index >= 15 is 4.39 Å². The number of nitrogens with zero attached hydrogens (tertiary/aromatic N) is 3. The molecular weight excluding hydrogens is 423 g/mol. The number of pyridine rings is 1. The molecule has 0 saturated heterocycles. The monoisotopic (exact) mass is 448 g/mol. The highest BCUT2D eigenvalue weighted by Crippen LogP contribution is 2.43. The molecule has 3 N–H and O–H groups in total. The third-order valence-electron chi connectivity index (χ3n) is 7.08. The minimum Gasteiger partial charge on any atom is -0.338 e. The van der Waals surface area contributed by atoms with Crippen molar-refractivity contribution in [1.29, 1.82) is 5.26 Å². The second kappa shape index (κ2) is 7.44. The zero-order valence-electron chi connectivity index (χ0n) is 18.5. The maximum absolute atomic E-state index is 15.3. The fraction of sp³-hybridized carbons (Fsp3) is 0.417. The summed E-state index contributed by atoms with van der Waals surface area (Å²) in [6, 6.07) is 9.33. The van der Waals surface area contributed by atoms with Gasteiger partial charge in [-0.25, -0.2) is 4.39 Å². The Hall–Kier alpha value is -3.67. The van der Waals surface area contributed by atoms with Crippen molar-refractivity contribution in [2.45, 2.75) is 63.1 Å². The Bertz CT molecular complexity index is 1370. The summed E-state index contributed by atoms with van der Waals surface area (Å²) in [5.74, 6) is 0.205. The first kappa shape index (κ1) is 21.2. The number of nitriles is 1. The minimum atomic E-state index is -1.24. The molecule has 1 saturated carbocycles. The van der Waals surface area contributed by atoms with Crippen molar-refractivity contribution in [3.8, 4) is 6.07 Å². The molecule has 1 fully saturated rings. The molecular formula is C24H25FN6O2. The average Bonchev–Trinajstić information content (AvgIpc) is 3.25. The molecule has 0 radical (unpaired) electrons. The lowest BCUT2D eigenvalue weighted by Gasteiger charge is -2.39. The van der Waals surface area contributed by atoms with Crippen LogP contribution in [0.4, 0.5) is 21.6 Å². The molecule has 3 heterocycles. The van der Waals surface area contributed by atoms with Gasteiger partial charge in [0.05, 0.1) is 23.4 Å². The molecule has 3 aromatic rings. The standard InChI is InChI=1S/C24H25FN6O2/c1-23(2)15-7-6-14(13-16(15)29-22(23)33)28-20-19-17(8-12-27-21(19)32)31(30-20)24(10-11-26)9-4-3-5-18(24)25/h6-8,12-13,18H,3-5,9-10H2,1-2H3,(H,27,32)(H,28,30)(H,29,33)/t18-,24-/m1/s1. The maximum atomic E-state index is 15.3. The summed E-state index contributed by atoms with van der Waals surface area (Å²) < 4.78 is 16.9. The van der Waals surface area contributed by atoms with Crippen LogP contribution < -0.4 is 16.2 Å². The van der Waals surface area contributed by atoms with Crippen LogP contribution in [0.25, 0.3) is 10.9 Å². The summed E-state index contributed by atoms with van der Waals surface area (Å²) in [5, 5.41) is 20.5. The molecule has 5 rings (SSSR count). The molecule has 0 unspecified atom stereocenters. The zero-order chi connectivity index (χ0) is 23.4. The second-order valence-corrected chi connectivity index (χ2v) is 9.44. The van der Waals surface area contributed by atoms with E-state index in [1.54, 1.807) is 16.8 Å². The quantitative estimate of drug-likeness (QED) is 0.553. The van der Waals surface area contributed by atoms with E-state index in [-0.39, 0.29) is 23.7 Å². The van der Waals surface area contributed by atoms with Gasteiger partial charge in [-0.3, -0.25) is 14.3 Å². The van der Waals surface area contributed by atoms with E-state index in [9.17, 15) is 14.9 Å². The number of rotatable bonds is 4. The van der Waals surface area contributed by atoms with Gasteiger partial charge in [-0.2, -0.15) is 10.4 Å². The fourth-order valence-corrected chi connectivity index (χ4v) is 5.14. The summed E-state index contributed by atoms with van der Waals surface area (Å²) in [6.45, 7) is 3.73. The van der Waals surface area contributed by atoms with Gasteiger partial charge in [0, 0.05) is 17.6 Å². The van der Waals surface area contributed by atoms with Gasteiger partial charge >= 0.3 is 0 Å². The number of fused-ring (bicyclic) bond motifs is 2. The van der Waals surface area contributed by atoms with Crippen molar-refractivity contribution in [3.63, 3.8) is 0 Å². The number of hydrogen-bond donors (Lipinski definition) is 3. The van der Waals surface area contributed by atoms with Crippen molar-refractivity contribution in [2.75, 3.05) is 10.6 Å². The number of aromatic nitrogens is 3. The maximum Gasteiger partial charge on any atom is 0.261 e. The normalized spacial score (nSPS) is 23.7. The van der Waals surface area contributed by atoms with Crippen LogP contribution in [0.15, 0.2) is 35.3 Å². The highest BCUT2D eigenvalue weighted by atomic mass is 19.1. The Balaban J connectivity index is 1.63. The number of alkyl halides is 1. The van der Waals surface area contributed by atoms with E-state index in [4.69, 9.17) is 0 Å². The lowest BCUT2D eigenvalue weighted by molar-refractivity contribution is -0.119. The third kappa shape index (κ3) is 3.12. The largest absolute Gasteiger partial charge is 0.338 e. The van der Waals surface area contributed by atoms with Crippen LogP contribution in [-0.4, -0.2) is 26.8 Å². The van der Waals surface area contributed by atoms with Crippen LogP contribution in [0.1, 0.15) is 51.5 Å². The molecule has 8 nitrogen and oxygen atoms in total. The fourth-order valence-electron chi connectivity index (χ4n) is 5.14. The lowest BCUT2D eigenvalue weighted by Crippen LogP contribution is -2.45. The number of halogens is 1. The van der Waals surface area contributed by atoms with Gasteiger partial charge in [-0.1, -0.05) is 18.9 Å². The van der Waals surface area contributed by atoms with Crippen molar-refractivity contribution in [3.05, 3.63) is 46.4 Å². The molecule has 2 atom stereocenters. The Labute approximate surface area is 189 Å². The van der Waals surface area contributed by atoms with Crippen molar-refractivity contribution in [2.24, 2.45) is 0 Å². The Kier molecular flexibility index (Phi) is 4.78. The van der Waals surface area contributed by atoms with Gasteiger partial charge in [-0.05, 0) is 50.5 Å². The number of carbonyl (C=O) groups is 1. The van der Waals surface area contributed by atoms with Crippen LogP contribution in [-0.2, 0) is 15.7 Å². The summed E-state index contributed by atoms with van der Waals surface area (Å²) >= 11 is 0. The first-order valence-corrected chi connectivity index (χ1v) is 11.1. The summed E-state index contributed by atoms with van der Waals surface area (Å²) in [6.07, 6.45) is 2.62. The summed E-state index contributed by atoms with van der Waals surface area (Å²) in [5.41, 5.74) is 0.615. The SMILES string of the molecule is CC1(C)C(=O)Nc2cc(Nc3nn([C@@]4(CC#N)CCCC[C@H]4F)c4cc[nH]c(=O)c34)ccc21. The van der Waals surface area contributed by atoms with E-state index < -0.39 is 17.1 Å². The van der Waals surface area contributed by atoms with Gasteiger partial charge in [0.25, 0.3) is 5.56 Å². The average molecular weight is 449 g/mol. The van der Waals surface area contributed by atoms with E-state index in [0.717, 1.165) is 18.4 Å². The molecule has 0 bridgehead atoms. The highest BCUT2D eigenvalue weighted by Gasteiger charge is 2.45. The van der Waals surface area contributed by atoms with Crippen LogP contribution >= 0.6 is 0 Å². The molecule has 1 aliphatic heterocycles. The molecule has 1 aromatic carbocycles. The number of aromatic amines is 1. The van der Waals surface area contributed by atoms with Crippen molar-refractivity contribution >= 4 is 34.0 Å². The molecule has 9 heteroatoms. The van der Waals surface area contributed by atoms with Gasteiger partial charge < -0.3 is 15.6 Å². The van der Waals surface area contributed by atoms with Crippen molar-refractivity contribution in [1.82, 2.24) is 14.8 Å². The smallest absolute Gasteiger partial charge is 0.261 e. The molecule has 1 aliphatic carbocycles. The Morgan fingerprint density at radius 3 is 2.88 bits per heavy atom. The van der Waals surface area contributed by atoms with E-state index in [2.05, 4.69) is 26.8 Å². The molecule has 170 valence electrons. The van der Waals surface area contributed by atoms with Gasteiger partial charge in [0.15, 0.2) is 5.82 Å². The Morgan fingerprint density at radius 1 is 1.30 bits per heavy atom. The minimum absolute atomic E-state index is 0.0306. The van der Waals surface area contributed by atoms with Crippen LogP contribution in [0.5, 0.6) is 0 Å². The van der Waals surface area contributed by atoms with Crippen molar-refractivity contribution < 1.29 is 9.18 Å². The lowest BCUT2D eigenvalue weighted by atomic mass is 9.78. The van der Waals surface area contributed by atoms with Crippen LogP contribution in [0, 0.1) is 11.3 Å². The van der Waals surface area contributed by atoms with E-state index in [1.165, 1.54) is 6.20 Å². The number of nitrogens with one attached hydrogen (secondary N) is 3. The van der Waals surface area contributed by atoms with Crippen LogP contribution in [0.3, 0.4) is 0 Å². The molecule has 0 spiro atoms. The summed E-state index contributed by atoms with van der Waals surface area (Å²) in [7, 11) is 0. The molecule has 33 heavy (non-hydrogen) atoms. The molecule has 2 aliphatic rings. The number of carbonyl (C=O) groups excluding carboxylic acids is 1. The molecule has 1 amide bonds. The second-order valence-electron chi connectivity index (χ2n) is 9.44. The predicted octanol–water partition coefficient (Wildman–Crippen LogP) is 4.22. The molecule has 2 aromatic heterocycles. The first-order valence-electron chi connectivity index (χ1n) is 11.1. The van der Waals surface area contributed by atoms with Gasteiger partial charge in [-0.15, -0.1) is 0 Å². The number of amides is 1. The third-order valence-corrected chi connectivity index (χ3v) is 7.08. The number of hydrogen-bond acceptors (Lipinski definition) is 5. The summed E-state index contributed by atoms with van der Waals surface area (Å²) in [4.78, 5) is 27.7. The predicted molar refractivity (Wildman–Crippen MR) is 123 cm³/mol. The first-order chi connectivity index (χ1) is 15.8. The topological polar surface area (TPSA) is 116 Å². The van der Waals surface area contributed by atoms with E-state index in [1.807, 2.05) is 26.0 Å². The Morgan fingerprint density at radius 2 is 2.12 bits per heavy atom. The number of benzene rings is 1. The van der Waals surface area contributed by atoms with E-state index in [0.29, 0.717) is 35.1 Å². The number of H-pyrrole nitrogens is 1. The zero-order valence-corrected chi connectivity index (χ0v) is 18.5. The van der Waals surface area contributed by atoms with Gasteiger partial charge in [0.2, 0.25) is 5.91 Å².